The first-order valence-corrected chi connectivity index (χ1v) is 8.40. The van der Waals surface area contributed by atoms with Crippen LogP contribution in [0, 0.1) is 17.8 Å². The third kappa shape index (κ3) is 4.79. The second-order valence-corrected chi connectivity index (χ2v) is 6.44. The van der Waals surface area contributed by atoms with E-state index in [-0.39, 0.29) is 5.92 Å². The number of nitrogens with one attached hydrogen (secondary N) is 1. The number of piperidine rings is 1. The highest BCUT2D eigenvalue weighted by atomic mass is 16.4. The van der Waals surface area contributed by atoms with Gasteiger partial charge in [0, 0.05) is 0 Å². The number of carboxylic acid groups (broad SMARTS) is 2. The molecule has 0 bridgehead atoms. The van der Waals surface area contributed by atoms with E-state index in [4.69, 9.17) is 15.3 Å². The van der Waals surface area contributed by atoms with E-state index in [9.17, 15) is 9.59 Å². The molecule has 1 saturated heterocycles. The van der Waals surface area contributed by atoms with Gasteiger partial charge in [0.1, 0.15) is 0 Å². The summed E-state index contributed by atoms with van der Waals surface area (Å²) < 4.78 is 0. The third-order valence-electron chi connectivity index (χ3n) is 4.94. The van der Waals surface area contributed by atoms with Gasteiger partial charge < -0.3 is 20.6 Å². The summed E-state index contributed by atoms with van der Waals surface area (Å²) in [5, 5.41) is 29.8. The first-order chi connectivity index (χ1) is 11.5. The first kappa shape index (κ1) is 18.4. The van der Waals surface area contributed by atoms with Gasteiger partial charge in [0.25, 0.3) is 0 Å². The minimum atomic E-state index is -1.41. The monoisotopic (exact) mass is 335 g/mol. The van der Waals surface area contributed by atoms with E-state index in [2.05, 4.69) is 5.32 Å². The summed E-state index contributed by atoms with van der Waals surface area (Å²) in [5.41, 5.74) is 0.403. The maximum atomic E-state index is 11.0. The molecule has 4 unspecified atom stereocenters. The molecule has 3 rings (SSSR count). The van der Waals surface area contributed by atoms with Crippen LogP contribution in [0.1, 0.15) is 37.4 Å². The topological polar surface area (TPSA) is 107 Å². The molecule has 0 spiro atoms. The van der Waals surface area contributed by atoms with Crippen molar-refractivity contribution in [2.24, 2.45) is 17.8 Å². The van der Waals surface area contributed by atoms with Gasteiger partial charge in [-0.15, -0.1) is 0 Å². The number of rotatable bonds is 3. The van der Waals surface area contributed by atoms with Crippen molar-refractivity contribution in [3.63, 3.8) is 0 Å². The van der Waals surface area contributed by atoms with E-state index in [1.165, 1.54) is 6.42 Å². The van der Waals surface area contributed by atoms with Crippen LogP contribution in [0.5, 0.6) is 0 Å². The van der Waals surface area contributed by atoms with E-state index in [0.29, 0.717) is 17.4 Å². The predicted molar refractivity (Wildman–Crippen MR) is 88.5 cm³/mol. The molecule has 4 atom stereocenters. The van der Waals surface area contributed by atoms with Gasteiger partial charge in [-0.3, -0.25) is 4.79 Å². The number of carbonyl (C=O) groups is 2. The van der Waals surface area contributed by atoms with Crippen molar-refractivity contribution in [3.05, 3.63) is 35.9 Å². The Kier molecular flexibility index (Phi) is 6.75. The standard InChI is InChI=1S/C10H17NO2.C8H8O3/c12-10(13)9-3-1-2-7-6-11-5-4-8(7)9;9-7(8(10)11)6-4-2-1-3-5-6/h7-9,11H,1-6H2,(H,12,13);1-5,7,9H,(H,10,11). The normalized spacial score (nSPS) is 27.1. The first-order valence-electron chi connectivity index (χ1n) is 8.40. The molecule has 0 aromatic heterocycles. The van der Waals surface area contributed by atoms with Crippen LogP contribution in [0.2, 0.25) is 0 Å². The molecule has 0 radical (unpaired) electrons. The Morgan fingerprint density at radius 2 is 1.79 bits per heavy atom. The SMILES string of the molecule is O=C(O)C(O)c1ccccc1.O=C(O)C1CCCC2CNCCC21. The van der Waals surface area contributed by atoms with Gasteiger partial charge in [-0.2, -0.15) is 0 Å². The summed E-state index contributed by atoms with van der Waals surface area (Å²) in [6.45, 7) is 2.04. The van der Waals surface area contributed by atoms with E-state index < -0.39 is 18.0 Å². The molecule has 0 amide bonds. The molecule has 1 aliphatic heterocycles. The minimum absolute atomic E-state index is 0.0548. The Hall–Kier alpha value is -1.92. The van der Waals surface area contributed by atoms with Gasteiger partial charge in [-0.25, -0.2) is 4.79 Å². The Labute approximate surface area is 141 Å². The average Bonchev–Trinajstić information content (AvgIpc) is 2.61. The number of aliphatic carboxylic acids is 2. The lowest BCUT2D eigenvalue weighted by atomic mass is 9.69. The predicted octanol–water partition coefficient (Wildman–Crippen LogP) is 1.90. The summed E-state index contributed by atoms with van der Waals surface area (Å²) >= 11 is 0. The molecule has 4 N–H and O–H groups in total. The van der Waals surface area contributed by atoms with Gasteiger partial charge in [0.2, 0.25) is 0 Å². The van der Waals surface area contributed by atoms with E-state index in [1.807, 2.05) is 0 Å². The second kappa shape index (κ2) is 8.80. The fourth-order valence-electron chi connectivity index (χ4n) is 3.69. The maximum absolute atomic E-state index is 11.0. The molecule has 1 saturated carbocycles. The van der Waals surface area contributed by atoms with Crippen LogP contribution in [0.15, 0.2) is 30.3 Å². The van der Waals surface area contributed by atoms with Crippen LogP contribution in [0.4, 0.5) is 0 Å². The summed E-state index contributed by atoms with van der Waals surface area (Å²) in [7, 11) is 0. The van der Waals surface area contributed by atoms with Crippen LogP contribution in [0.3, 0.4) is 0 Å². The molecule has 1 aromatic carbocycles. The largest absolute Gasteiger partial charge is 0.481 e. The van der Waals surface area contributed by atoms with Gasteiger partial charge in [0.15, 0.2) is 6.10 Å². The number of aliphatic hydroxyl groups excluding tert-OH is 1. The molecular formula is C18H25NO5. The lowest BCUT2D eigenvalue weighted by Crippen LogP contribution is -2.44. The Balaban J connectivity index is 0.000000177. The summed E-state index contributed by atoms with van der Waals surface area (Å²) in [6.07, 6.45) is 2.87. The number of benzene rings is 1. The van der Waals surface area contributed by atoms with Gasteiger partial charge in [0.05, 0.1) is 5.92 Å². The number of hydrogen-bond acceptors (Lipinski definition) is 4. The van der Waals surface area contributed by atoms with Crippen molar-refractivity contribution in [2.75, 3.05) is 13.1 Å². The molecule has 1 aromatic rings. The zero-order valence-electron chi connectivity index (χ0n) is 13.6. The van der Waals surface area contributed by atoms with E-state index in [0.717, 1.165) is 32.4 Å². The molecule has 24 heavy (non-hydrogen) atoms. The molecule has 2 aliphatic rings. The quantitative estimate of drug-likeness (QED) is 0.672. The molecule has 6 heteroatoms. The molecule has 1 heterocycles. The summed E-state index contributed by atoms with van der Waals surface area (Å²) in [6, 6.07) is 8.26. The van der Waals surface area contributed by atoms with Gasteiger partial charge >= 0.3 is 11.9 Å². The Morgan fingerprint density at radius 1 is 1.08 bits per heavy atom. The summed E-state index contributed by atoms with van der Waals surface area (Å²) in [4.78, 5) is 21.2. The second-order valence-electron chi connectivity index (χ2n) is 6.44. The minimum Gasteiger partial charge on any atom is -0.481 e. The van der Waals surface area contributed by atoms with Crippen LogP contribution >= 0.6 is 0 Å². The van der Waals surface area contributed by atoms with Crippen LogP contribution in [0.25, 0.3) is 0 Å². The Morgan fingerprint density at radius 3 is 2.42 bits per heavy atom. The van der Waals surface area contributed by atoms with E-state index >= 15 is 0 Å². The highest BCUT2D eigenvalue weighted by molar-refractivity contribution is 5.73. The lowest BCUT2D eigenvalue weighted by Gasteiger charge is -2.39. The van der Waals surface area contributed by atoms with E-state index in [1.54, 1.807) is 30.3 Å². The maximum Gasteiger partial charge on any atom is 0.337 e. The zero-order valence-corrected chi connectivity index (χ0v) is 13.6. The van der Waals surface area contributed by atoms with Gasteiger partial charge in [-0.1, -0.05) is 36.8 Å². The number of fused-ring (bicyclic) bond motifs is 1. The Bertz CT molecular complexity index is 546. The number of carboxylic acids is 2. The molecular weight excluding hydrogens is 310 g/mol. The van der Waals surface area contributed by atoms with Crippen molar-refractivity contribution in [1.82, 2.24) is 5.32 Å². The third-order valence-corrected chi connectivity index (χ3v) is 4.94. The fourth-order valence-corrected chi connectivity index (χ4v) is 3.69. The van der Waals surface area contributed by atoms with Crippen molar-refractivity contribution >= 4 is 11.9 Å². The molecule has 6 nitrogen and oxygen atoms in total. The zero-order chi connectivity index (χ0) is 17.5. The fraction of sp³-hybridized carbons (Fsp3) is 0.556. The molecule has 2 fully saturated rings. The molecule has 132 valence electrons. The molecule has 1 aliphatic carbocycles. The van der Waals surface area contributed by atoms with Crippen LogP contribution in [-0.2, 0) is 9.59 Å². The average molecular weight is 335 g/mol. The van der Waals surface area contributed by atoms with Gasteiger partial charge in [-0.05, 0) is 49.8 Å². The van der Waals surface area contributed by atoms with Crippen LogP contribution < -0.4 is 5.32 Å². The van der Waals surface area contributed by atoms with Crippen molar-refractivity contribution < 1.29 is 24.9 Å². The lowest BCUT2D eigenvalue weighted by molar-refractivity contribution is -0.147. The van der Waals surface area contributed by atoms with Crippen LogP contribution in [-0.4, -0.2) is 40.3 Å². The highest BCUT2D eigenvalue weighted by Gasteiger charge is 2.38. The van der Waals surface area contributed by atoms with Crippen molar-refractivity contribution in [3.8, 4) is 0 Å². The van der Waals surface area contributed by atoms with Crippen molar-refractivity contribution in [1.29, 1.82) is 0 Å². The number of hydrogen-bond donors (Lipinski definition) is 4. The smallest absolute Gasteiger partial charge is 0.337 e. The van der Waals surface area contributed by atoms with Crippen molar-refractivity contribution in [2.45, 2.75) is 31.8 Å². The highest BCUT2D eigenvalue weighted by Crippen LogP contribution is 2.38. The number of aliphatic hydroxyl groups is 1. The summed E-state index contributed by atoms with van der Waals surface area (Å²) in [5.74, 6) is -0.773.